The maximum Gasteiger partial charge on any atom is 0.0791 e. The minimum atomic E-state index is -0.571. The van der Waals surface area contributed by atoms with Gasteiger partial charge in [-0.2, -0.15) is 0 Å². The molecule has 14 heavy (non-hydrogen) atoms. The lowest BCUT2D eigenvalue weighted by molar-refractivity contribution is 0.170. The van der Waals surface area contributed by atoms with E-state index in [9.17, 15) is 5.11 Å². The number of aliphatic hydroxyl groups is 1. The Morgan fingerprint density at radius 1 is 1.57 bits per heavy atom. The van der Waals surface area contributed by atoms with Gasteiger partial charge in [0, 0.05) is 15.9 Å². The number of azide groups is 1. The summed E-state index contributed by atoms with van der Waals surface area (Å²) in [5.74, 6) is 0. The highest BCUT2D eigenvalue weighted by Crippen LogP contribution is 2.20. The molecule has 1 aromatic carbocycles. The zero-order valence-corrected chi connectivity index (χ0v) is 9.05. The first-order valence-electron chi connectivity index (χ1n) is 4.18. The summed E-state index contributed by atoms with van der Waals surface area (Å²) in [4.78, 5) is 2.62. The summed E-state index contributed by atoms with van der Waals surface area (Å²) in [5, 5.41) is 13.0. The fourth-order valence-electron chi connectivity index (χ4n) is 1.11. The smallest absolute Gasteiger partial charge is 0.0791 e. The van der Waals surface area contributed by atoms with E-state index >= 15 is 0 Å². The van der Waals surface area contributed by atoms with Crippen LogP contribution in [0.25, 0.3) is 10.4 Å². The van der Waals surface area contributed by atoms with E-state index in [2.05, 4.69) is 26.0 Å². The van der Waals surface area contributed by atoms with Crippen LogP contribution in [0, 0.1) is 0 Å². The Hall–Kier alpha value is -1.03. The largest absolute Gasteiger partial charge is 0.388 e. The quantitative estimate of drug-likeness (QED) is 0.501. The summed E-state index contributed by atoms with van der Waals surface area (Å²) in [6.45, 7) is 0.310. The van der Waals surface area contributed by atoms with Crippen molar-refractivity contribution in [1.29, 1.82) is 0 Å². The summed E-state index contributed by atoms with van der Waals surface area (Å²) in [7, 11) is 0. The lowest BCUT2D eigenvalue weighted by Gasteiger charge is -2.08. The average molecular weight is 256 g/mol. The van der Waals surface area contributed by atoms with E-state index in [1.807, 2.05) is 24.3 Å². The van der Waals surface area contributed by atoms with Gasteiger partial charge in [-0.1, -0.05) is 33.2 Å². The summed E-state index contributed by atoms with van der Waals surface area (Å²) in [6.07, 6.45) is -0.126. The second-order valence-corrected chi connectivity index (χ2v) is 3.73. The predicted molar refractivity (Wildman–Crippen MR) is 57.7 cm³/mol. The molecule has 0 aromatic heterocycles. The Bertz CT molecular complexity index is 350. The van der Waals surface area contributed by atoms with Gasteiger partial charge in [0.05, 0.1) is 6.10 Å². The molecule has 0 radical (unpaired) electrons. The number of halogens is 1. The molecule has 0 spiro atoms. The van der Waals surface area contributed by atoms with Crippen LogP contribution in [0.5, 0.6) is 0 Å². The molecule has 0 fully saturated rings. The molecule has 4 nitrogen and oxygen atoms in total. The summed E-state index contributed by atoms with van der Waals surface area (Å²) >= 11 is 3.32. The Morgan fingerprint density at radius 3 is 3.00 bits per heavy atom. The Labute approximate surface area is 90.3 Å². The average Bonchev–Trinajstić information content (AvgIpc) is 2.18. The number of rotatable bonds is 4. The summed E-state index contributed by atoms with van der Waals surface area (Å²) in [6, 6.07) is 7.44. The molecule has 1 N–H and O–H groups in total. The molecule has 0 saturated carbocycles. The van der Waals surface area contributed by atoms with Gasteiger partial charge in [0.15, 0.2) is 0 Å². The molecule has 0 aliphatic heterocycles. The van der Waals surface area contributed by atoms with Gasteiger partial charge >= 0.3 is 0 Å². The van der Waals surface area contributed by atoms with Gasteiger partial charge in [0.2, 0.25) is 0 Å². The molecule has 5 heteroatoms. The number of aliphatic hydroxyl groups excluding tert-OH is 1. The van der Waals surface area contributed by atoms with E-state index in [4.69, 9.17) is 5.53 Å². The highest BCUT2D eigenvalue weighted by Gasteiger charge is 2.06. The van der Waals surface area contributed by atoms with Crippen LogP contribution in [0.2, 0.25) is 0 Å². The predicted octanol–water partition coefficient (Wildman–Crippen LogP) is 3.18. The van der Waals surface area contributed by atoms with E-state index in [1.54, 1.807) is 0 Å². The molecule has 1 aromatic rings. The molecular formula is C9H10BrN3O. The third kappa shape index (κ3) is 3.38. The number of hydrogen-bond donors (Lipinski definition) is 1. The fourth-order valence-corrected chi connectivity index (χ4v) is 1.52. The topological polar surface area (TPSA) is 69.0 Å². The monoisotopic (exact) mass is 255 g/mol. The maximum absolute atomic E-state index is 9.67. The standard InChI is InChI=1S/C9H10BrN3O/c10-8-3-1-2-7(6-8)9(14)4-5-12-13-11/h1-3,6,9,14H,4-5H2. The molecule has 1 atom stereocenters. The van der Waals surface area contributed by atoms with Crippen molar-refractivity contribution >= 4 is 15.9 Å². The van der Waals surface area contributed by atoms with E-state index in [1.165, 1.54) is 0 Å². The number of nitrogens with zero attached hydrogens (tertiary/aromatic N) is 3. The van der Waals surface area contributed by atoms with Crippen LogP contribution in [-0.2, 0) is 0 Å². The molecule has 0 heterocycles. The minimum absolute atomic E-state index is 0.310. The van der Waals surface area contributed by atoms with Crippen LogP contribution in [0.4, 0.5) is 0 Å². The Morgan fingerprint density at radius 2 is 2.36 bits per heavy atom. The van der Waals surface area contributed by atoms with Gasteiger partial charge in [-0.25, -0.2) is 0 Å². The van der Waals surface area contributed by atoms with Crippen molar-refractivity contribution in [3.8, 4) is 0 Å². The van der Waals surface area contributed by atoms with Crippen molar-refractivity contribution in [1.82, 2.24) is 0 Å². The number of benzene rings is 1. The van der Waals surface area contributed by atoms with Crippen LogP contribution in [0.15, 0.2) is 33.9 Å². The van der Waals surface area contributed by atoms with Crippen LogP contribution in [-0.4, -0.2) is 11.7 Å². The van der Waals surface area contributed by atoms with Gasteiger partial charge in [0.1, 0.15) is 0 Å². The molecular weight excluding hydrogens is 246 g/mol. The molecule has 1 unspecified atom stereocenters. The number of hydrogen-bond acceptors (Lipinski definition) is 2. The maximum atomic E-state index is 9.67. The van der Waals surface area contributed by atoms with Gasteiger partial charge < -0.3 is 5.11 Å². The zero-order chi connectivity index (χ0) is 10.4. The molecule has 0 bridgehead atoms. The second kappa shape index (κ2) is 5.65. The third-order valence-electron chi connectivity index (χ3n) is 1.80. The van der Waals surface area contributed by atoms with Crippen molar-refractivity contribution in [3.05, 3.63) is 44.7 Å². The Kier molecular flexibility index (Phi) is 4.46. The highest BCUT2D eigenvalue weighted by molar-refractivity contribution is 9.10. The lowest BCUT2D eigenvalue weighted by Crippen LogP contribution is -1.98. The van der Waals surface area contributed by atoms with Gasteiger partial charge in [-0.3, -0.25) is 0 Å². The van der Waals surface area contributed by atoms with Crippen molar-refractivity contribution < 1.29 is 5.11 Å². The second-order valence-electron chi connectivity index (χ2n) is 2.81. The molecule has 74 valence electrons. The van der Waals surface area contributed by atoms with Crippen molar-refractivity contribution in [3.63, 3.8) is 0 Å². The highest BCUT2D eigenvalue weighted by atomic mass is 79.9. The van der Waals surface area contributed by atoms with Crippen molar-refractivity contribution in [2.24, 2.45) is 5.11 Å². The van der Waals surface area contributed by atoms with Crippen molar-refractivity contribution in [2.75, 3.05) is 6.54 Å². The van der Waals surface area contributed by atoms with E-state index in [0.717, 1.165) is 10.0 Å². The van der Waals surface area contributed by atoms with Crippen LogP contribution < -0.4 is 0 Å². The van der Waals surface area contributed by atoms with Crippen molar-refractivity contribution in [2.45, 2.75) is 12.5 Å². The molecule has 0 aliphatic rings. The summed E-state index contributed by atoms with van der Waals surface area (Å²) in [5.41, 5.74) is 8.89. The molecule has 0 amide bonds. The van der Waals surface area contributed by atoms with Gasteiger partial charge in [0.25, 0.3) is 0 Å². The SMILES string of the molecule is [N-]=[N+]=NCCC(O)c1cccc(Br)c1. The fraction of sp³-hybridized carbons (Fsp3) is 0.333. The Balaban J connectivity index is 2.59. The molecule has 0 saturated heterocycles. The summed E-state index contributed by atoms with van der Waals surface area (Å²) < 4.78 is 0.929. The zero-order valence-electron chi connectivity index (χ0n) is 7.47. The first-order chi connectivity index (χ1) is 6.74. The first kappa shape index (κ1) is 11.0. The normalized spacial score (nSPS) is 11.9. The third-order valence-corrected chi connectivity index (χ3v) is 2.29. The minimum Gasteiger partial charge on any atom is -0.388 e. The van der Waals surface area contributed by atoms with Gasteiger partial charge in [-0.05, 0) is 29.6 Å². The van der Waals surface area contributed by atoms with Crippen LogP contribution >= 0.6 is 15.9 Å². The molecule has 1 rings (SSSR count). The van der Waals surface area contributed by atoms with E-state index in [-0.39, 0.29) is 0 Å². The van der Waals surface area contributed by atoms with E-state index < -0.39 is 6.10 Å². The van der Waals surface area contributed by atoms with E-state index in [0.29, 0.717) is 13.0 Å². The molecule has 0 aliphatic carbocycles. The lowest BCUT2D eigenvalue weighted by atomic mass is 10.1. The van der Waals surface area contributed by atoms with Crippen LogP contribution in [0.1, 0.15) is 18.1 Å². The van der Waals surface area contributed by atoms with Gasteiger partial charge in [-0.15, -0.1) is 0 Å². The first-order valence-corrected chi connectivity index (χ1v) is 4.97. The van der Waals surface area contributed by atoms with Crippen LogP contribution in [0.3, 0.4) is 0 Å².